The molecular weight excluding hydrogens is 497 g/mol. The molecule has 1 aliphatic rings. The minimum Gasteiger partial charge on any atom is -0.497 e. The third-order valence-electron chi connectivity index (χ3n) is 4.81. The smallest absolute Gasteiger partial charge is 0.194 e. The standard InChI is InChI=1S/C21H31N5OS.HI/c1-5-22-21(23-14-17-15-28-20(24-17)16(2)3)26-12-10-25(11-13-26)18-6-8-19(27-4)9-7-18;/h6-9,15-16H,5,10-14H2,1-4H3,(H,22,23);1H. The molecule has 160 valence electrons. The van der Waals surface area contributed by atoms with Crippen LogP contribution in [0, 0.1) is 0 Å². The lowest BCUT2D eigenvalue weighted by atomic mass is 10.2. The first-order chi connectivity index (χ1) is 13.6. The van der Waals surface area contributed by atoms with Crippen molar-refractivity contribution in [1.82, 2.24) is 15.2 Å². The average molecular weight is 529 g/mol. The van der Waals surface area contributed by atoms with Crippen LogP contribution in [-0.2, 0) is 6.54 Å². The van der Waals surface area contributed by atoms with Crippen molar-refractivity contribution in [2.45, 2.75) is 33.2 Å². The van der Waals surface area contributed by atoms with Crippen LogP contribution in [0.25, 0.3) is 0 Å². The number of aromatic nitrogens is 1. The van der Waals surface area contributed by atoms with Gasteiger partial charge in [0.2, 0.25) is 0 Å². The summed E-state index contributed by atoms with van der Waals surface area (Å²) < 4.78 is 5.25. The number of nitrogens with zero attached hydrogens (tertiary/aromatic N) is 4. The first-order valence-electron chi connectivity index (χ1n) is 9.97. The number of benzene rings is 1. The van der Waals surface area contributed by atoms with Gasteiger partial charge in [0.05, 0.1) is 24.4 Å². The Labute approximate surface area is 195 Å². The quantitative estimate of drug-likeness (QED) is 0.346. The van der Waals surface area contributed by atoms with E-state index in [-0.39, 0.29) is 24.0 Å². The summed E-state index contributed by atoms with van der Waals surface area (Å²) in [7, 11) is 1.70. The van der Waals surface area contributed by atoms with Gasteiger partial charge in [-0.15, -0.1) is 35.3 Å². The Morgan fingerprint density at radius 1 is 1.21 bits per heavy atom. The summed E-state index contributed by atoms with van der Waals surface area (Å²) in [6, 6.07) is 8.30. The van der Waals surface area contributed by atoms with Crippen molar-refractivity contribution in [3.8, 4) is 5.75 Å². The molecule has 0 aliphatic carbocycles. The molecule has 6 nitrogen and oxygen atoms in total. The van der Waals surface area contributed by atoms with Crippen LogP contribution in [0.2, 0.25) is 0 Å². The predicted octanol–water partition coefficient (Wildman–Crippen LogP) is 4.18. The molecule has 0 unspecified atom stereocenters. The molecule has 1 aliphatic heterocycles. The highest BCUT2D eigenvalue weighted by Gasteiger charge is 2.20. The number of piperazine rings is 1. The van der Waals surface area contributed by atoms with E-state index < -0.39 is 0 Å². The number of hydrogen-bond donors (Lipinski definition) is 1. The minimum absolute atomic E-state index is 0. The number of halogens is 1. The number of rotatable bonds is 6. The molecule has 8 heteroatoms. The number of nitrogens with one attached hydrogen (secondary N) is 1. The first kappa shape index (κ1) is 23.7. The Kier molecular flexibility index (Phi) is 9.48. The van der Waals surface area contributed by atoms with E-state index in [1.807, 2.05) is 12.1 Å². The van der Waals surface area contributed by atoms with Gasteiger partial charge in [0, 0.05) is 49.7 Å². The van der Waals surface area contributed by atoms with Crippen molar-refractivity contribution in [3.05, 3.63) is 40.3 Å². The van der Waals surface area contributed by atoms with Crippen LogP contribution in [0.5, 0.6) is 5.75 Å². The number of anilines is 1. The second-order valence-corrected chi connectivity index (χ2v) is 8.06. The largest absolute Gasteiger partial charge is 0.497 e. The monoisotopic (exact) mass is 529 g/mol. The zero-order valence-electron chi connectivity index (χ0n) is 17.7. The van der Waals surface area contributed by atoms with Crippen LogP contribution in [0.4, 0.5) is 5.69 Å². The molecule has 1 fully saturated rings. The van der Waals surface area contributed by atoms with E-state index >= 15 is 0 Å². The Hall–Kier alpha value is -1.55. The Bertz CT molecular complexity index is 770. The van der Waals surface area contributed by atoms with Gasteiger partial charge in [-0.3, -0.25) is 0 Å². The van der Waals surface area contributed by atoms with Crippen LogP contribution in [0.3, 0.4) is 0 Å². The molecule has 0 saturated carbocycles. The molecule has 2 aromatic rings. The minimum atomic E-state index is 0. The van der Waals surface area contributed by atoms with E-state index in [0.29, 0.717) is 12.5 Å². The summed E-state index contributed by atoms with van der Waals surface area (Å²) in [5.74, 6) is 2.35. The highest BCUT2D eigenvalue weighted by atomic mass is 127. The summed E-state index contributed by atoms with van der Waals surface area (Å²) in [4.78, 5) is 14.3. The third kappa shape index (κ3) is 6.47. The van der Waals surface area contributed by atoms with Gasteiger partial charge in [0.1, 0.15) is 5.75 Å². The molecule has 1 aromatic heterocycles. The summed E-state index contributed by atoms with van der Waals surface area (Å²) >= 11 is 1.73. The highest BCUT2D eigenvalue weighted by molar-refractivity contribution is 14.0. The molecule has 0 bridgehead atoms. The average Bonchev–Trinajstić information content (AvgIpc) is 3.21. The van der Waals surface area contributed by atoms with Crippen LogP contribution < -0.4 is 15.0 Å². The van der Waals surface area contributed by atoms with Gasteiger partial charge in [-0.05, 0) is 31.2 Å². The summed E-state index contributed by atoms with van der Waals surface area (Å²) in [5.41, 5.74) is 2.30. The van der Waals surface area contributed by atoms with Crippen molar-refractivity contribution in [2.24, 2.45) is 4.99 Å². The van der Waals surface area contributed by atoms with Crippen molar-refractivity contribution in [1.29, 1.82) is 0 Å². The van der Waals surface area contributed by atoms with Crippen LogP contribution in [0.15, 0.2) is 34.6 Å². The van der Waals surface area contributed by atoms with Crippen LogP contribution in [-0.4, -0.2) is 55.7 Å². The molecule has 3 rings (SSSR count). The molecule has 0 spiro atoms. The molecule has 29 heavy (non-hydrogen) atoms. The maximum Gasteiger partial charge on any atom is 0.194 e. The van der Waals surface area contributed by atoms with E-state index in [4.69, 9.17) is 14.7 Å². The van der Waals surface area contributed by atoms with Crippen LogP contribution >= 0.6 is 35.3 Å². The topological polar surface area (TPSA) is 53.0 Å². The van der Waals surface area contributed by atoms with Crippen molar-refractivity contribution >= 4 is 47.0 Å². The lowest BCUT2D eigenvalue weighted by Gasteiger charge is -2.37. The van der Waals surface area contributed by atoms with E-state index in [0.717, 1.165) is 50.1 Å². The number of methoxy groups -OCH3 is 1. The second-order valence-electron chi connectivity index (χ2n) is 7.17. The molecular formula is C21H32IN5OS. The van der Waals surface area contributed by atoms with Crippen molar-refractivity contribution in [2.75, 3.05) is 44.7 Å². The van der Waals surface area contributed by atoms with E-state index in [1.54, 1.807) is 18.4 Å². The van der Waals surface area contributed by atoms with Gasteiger partial charge in [-0.2, -0.15) is 0 Å². The lowest BCUT2D eigenvalue weighted by Crippen LogP contribution is -2.52. The highest BCUT2D eigenvalue weighted by Crippen LogP contribution is 2.21. The molecule has 1 aromatic carbocycles. The SMILES string of the molecule is CCNC(=NCc1csc(C(C)C)n1)N1CCN(c2ccc(OC)cc2)CC1.I. The number of guanidine groups is 1. The molecule has 2 heterocycles. The second kappa shape index (κ2) is 11.6. The van der Waals surface area contributed by atoms with Gasteiger partial charge in [-0.25, -0.2) is 9.98 Å². The molecule has 1 saturated heterocycles. The third-order valence-corrected chi connectivity index (χ3v) is 6.00. The van der Waals surface area contributed by atoms with Gasteiger partial charge in [0.15, 0.2) is 5.96 Å². The molecule has 1 N–H and O–H groups in total. The van der Waals surface area contributed by atoms with Crippen molar-refractivity contribution in [3.63, 3.8) is 0 Å². The number of thiazole rings is 1. The zero-order valence-corrected chi connectivity index (χ0v) is 20.9. The summed E-state index contributed by atoms with van der Waals surface area (Å²) in [6.45, 7) is 11.8. The molecule has 0 atom stereocenters. The summed E-state index contributed by atoms with van der Waals surface area (Å²) in [6.07, 6.45) is 0. The Morgan fingerprint density at radius 3 is 2.45 bits per heavy atom. The van der Waals surface area contributed by atoms with Crippen molar-refractivity contribution < 1.29 is 4.74 Å². The van der Waals surface area contributed by atoms with E-state index in [9.17, 15) is 0 Å². The lowest BCUT2D eigenvalue weighted by molar-refractivity contribution is 0.372. The number of ether oxygens (including phenoxy) is 1. The fourth-order valence-electron chi connectivity index (χ4n) is 3.21. The fourth-order valence-corrected chi connectivity index (χ4v) is 4.04. The van der Waals surface area contributed by atoms with Gasteiger partial charge >= 0.3 is 0 Å². The Morgan fingerprint density at radius 2 is 1.90 bits per heavy atom. The van der Waals surface area contributed by atoms with Gasteiger partial charge in [0.25, 0.3) is 0 Å². The van der Waals surface area contributed by atoms with Crippen LogP contribution in [0.1, 0.15) is 37.4 Å². The summed E-state index contributed by atoms with van der Waals surface area (Å²) in [5, 5.41) is 6.75. The first-order valence-corrected chi connectivity index (χ1v) is 10.8. The maximum atomic E-state index is 5.25. The fraction of sp³-hybridized carbons (Fsp3) is 0.524. The van der Waals surface area contributed by atoms with E-state index in [2.05, 4.69) is 53.4 Å². The maximum absolute atomic E-state index is 5.25. The molecule has 0 amide bonds. The van der Waals surface area contributed by atoms with E-state index in [1.165, 1.54) is 10.7 Å². The number of hydrogen-bond acceptors (Lipinski definition) is 5. The Balaban J connectivity index is 0.00000300. The molecule has 0 radical (unpaired) electrons. The number of aliphatic imine (C=N–C) groups is 1. The van der Waals surface area contributed by atoms with Gasteiger partial charge in [-0.1, -0.05) is 13.8 Å². The normalized spacial score (nSPS) is 14.7. The zero-order chi connectivity index (χ0) is 19.9. The van der Waals surface area contributed by atoms with Gasteiger partial charge < -0.3 is 19.9 Å². The predicted molar refractivity (Wildman–Crippen MR) is 133 cm³/mol.